The fourth-order valence-corrected chi connectivity index (χ4v) is 4.08. The first-order valence-corrected chi connectivity index (χ1v) is 8.42. The fourth-order valence-electron chi connectivity index (χ4n) is 2.95. The molecule has 1 fully saturated rings. The van der Waals surface area contributed by atoms with Crippen molar-refractivity contribution in [2.24, 2.45) is 11.7 Å². The molecule has 1 aromatic carbocycles. The van der Waals surface area contributed by atoms with Gasteiger partial charge in [-0.2, -0.15) is 0 Å². The quantitative estimate of drug-likeness (QED) is 0.796. The van der Waals surface area contributed by atoms with Crippen molar-refractivity contribution in [3.05, 3.63) is 29.8 Å². The van der Waals surface area contributed by atoms with E-state index in [-0.39, 0.29) is 23.2 Å². The summed E-state index contributed by atoms with van der Waals surface area (Å²) in [5.41, 5.74) is 7.46. The summed E-state index contributed by atoms with van der Waals surface area (Å²) in [6, 6.07) is 7.97. The van der Waals surface area contributed by atoms with Gasteiger partial charge in [-0.15, -0.1) is 24.2 Å². The predicted molar refractivity (Wildman–Crippen MR) is 94.2 cm³/mol. The molecule has 0 spiro atoms. The van der Waals surface area contributed by atoms with Gasteiger partial charge >= 0.3 is 0 Å². The van der Waals surface area contributed by atoms with Crippen LogP contribution in [0.5, 0.6) is 0 Å². The molecule has 4 heteroatoms. The van der Waals surface area contributed by atoms with Crippen molar-refractivity contribution in [2.45, 2.75) is 68.2 Å². The third kappa shape index (κ3) is 5.17. The largest absolute Gasteiger partial charge is 0.391 e. The normalized spacial score (nSPS) is 19.1. The third-order valence-corrected chi connectivity index (χ3v) is 5.15. The van der Waals surface area contributed by atoms with Crippen LogP contribution in [0.25, 0.3) is 0 Å². The summed E-state index contributed by atoms with van der Waals surface area (Å²) >= 11 is 1.82. The van der Waals surface area contributed by atoms with Gasteiger partial charge in [-0.1, -0.05) is 51.8 Å². The number of benzene rings is 1. The number of rotatable bonds is 4. The number of thioether (sulfide) groups is 1. The van der Waals surface area contributed by atoms with Crippen LogP contribution in [0, 0.1) is 5.92 Å². The van der Waals surface area contributed by atoms with Gasteiger partial charge in [0.15, 0.2) is 0 Å². The molecule has 0 heterocycles. The highest BCUT2D eigenvalue weighted by Gasteiger charge is 2.30. The van der Waals surface area contributed by atoms with Gasteiger partial charge in [-0.05, 0) is 30.4 Å². The van der Waals surface area contributed by atoms with Crippen molar-refractivity contribution in [2.75, 3.05) is 0 Å². The van der Waals surface area contributed by atoms with Crippen molar-refractivity contribution in [1.82, 2.24) is 0 Å². The third-order valence-electron chi connectivity index (χ3n) is 3.95. The summed E-state index contributed by atoms with van der Waals surface area (Å²) in [7, 11) is 0. The molecule has 1 aliphatic rings. The Morgan fingerprint density at radius 2 is 1.76 bits per heavy atom. The van der Waals surface area contributed by atoms with E-state index in [0.717, 1.165) is 18.4 Å². The van der Waals surface area contributed by atoms with E-state index in [4.69, 9.17) is 5.73 Å². The predicted octanol–water partition coefficient (Wildman–Crippen LogP) is 4.55. The molecule has 0 aliphatic heterocycles. The Hall–Kier alpha value is -0.220. The Balaban J connectivity index is 0.00000220. The topological polar surface area (TPSA) is 46.2 Å². The minimum Gasteiger partial charge on any atom is -0.391 e. The van der Waals surface area contributed by atoms with Crippen LogP contribution in [-0.4, -0.2) is 16.0 Å². The standard InChI is InChI=1S/C17H27NOS.ClH/c1-17(2,3)20-14-11-7-6-10-13(14)15(18)16(19)12-8-4-5-9-12;/h6-7,10-12,15-16,19H,4-5,8-9,18H2,1-3H3;1H/t15-,16+;/m1./s1. The van der Waals surface area contributed by atoms with E-state index in [2.05, 4.69) is 32.9 Å². The molecule has 120 valence electrons. The maximum absolute atomic E-state index is 10.6. The number of hydrogen-bond acceptors (Lipinski definition) is 3. The maximum atomic E-state index is 10.6. The van der Waals surface area contributed by atoms with Crippen LogP contribution in [-0.2, 0) is 0 Å². The second kappa shape index (κ2) is 7.87. The molecule has 2 rings (SSSR count). The number of aliphatic hydroxyl groups is 1. The Morgan fingerprint density at radius 1 is 1.19 bits per heavy atom. The van der Waals surface area contributed by atoms with E-state index in [0.29, 0.717) is 5.92 Å². The fraction of sp³-hybridized carbons (Fsp3) is 0.647. The number of halogens is 1. The second-order valence-electron chi connectivity index (χ2n) is 6.81. The number of hydrogen-bond donors (Lipinski definition) is 2. The molecule has 0 unspecified atom stereocenters. The lowest BCUT2D eigenvalue weighted by Crippen LogP contribution is -2.32. The zero-order valence-electron chi connectivity index (χ0n) is 13.2. The van der Waals surface area contributed by atoms with Gasteiger partial charge in [0.05, 0.1) is 12.1 Å². The molecule has 2 nitrogen and oxygen atoms in total. The Bertz CT molecular complexity index is 441. The molecule has 2 atom stereocenters. The van der Waals surface area contributed by atoms with Gasteiger partial charge in [0, 0.05) is 9.64 Å². The van der Waals surface area contributed by atoms with Crippen molar-refractivity contribution in [3.8, 4) is 0 Å². The van der Waals surface area contributed by atoms with Crippen molar-refractivity contribution >= 4 is 24.2 Å². The van der Waals surface area contributed by atoms with Crippen LogP contribution < -0.4 is 5.73 Å². The SMILES string of the molecule is CC(C)(C)Sc1ccccc1[C@@H](N)[C@@H](O)C1CCCC1.Cl. The zero-order valence-corrected chi connectivity index (χ0v) is 14.8. The molecular weight excluding hydrogens is 302 g/mol. The second-order valence-corrected chi connectivity index (χ2v) is 8.68. The van der Waals surface area contributed by atoms with E-state index >= 15 is 0 Å². The minimum atomic E-state index is -0.417. The average molecular weight is 330 g/mol. The summed E-state index contributed by atoms with van der Waals surface area (Å²) in [6.45, 7) is 6.61. The summed E-state index contributed by atoms with van der Waals surface area (Å²) in [5.74, 6) is 0.373. The van der Waals surface area contributed by atoms with Crippen LogP contribution in [0.2, 0.25) is 0 Å². The molecule has 1 saturated carbocycles. The highest BCUT2D eigenvalue weighted by atomic mass is 35.5. The Kier molecular flexibility index (Phi) is 7.05. The zero-order chi connectivity index (χ0) is 14.8. The molecule has 0 aromatic heterocycles. The molecule has 0 saturated heterocycles. The Morgan fingerprint density at radius 3 is 2.33 bits per heavy atom. The number of aliphatic hydroxyl groups excluding tert-OH is 1. The van der Waals surface area contributed by atoms with Gasteiger partial charge < -0.3 is 10.8 Å². The van der Waals surface area contributed by atoms with Crippen molar-refractivity contribution in [1.29, 1.82) is 0 Å². The van der Waals surface area contributed by atoms with Gasteiger partial charge in [0.1, 0.15) is 0 Å². The first-order chi connectivity index (χ1) is 9.38. The van der Waals surface area contributed by atoms with Gasteiger partial charge in [0.2, 0.25) is 0 Å². The monoisotopic (exact) mass is 329 g/mol. The van der Waals surface area contributed by atoms with Crippen LogP contribution in [0.3, 0.4) is 0 Å². The van der Waals surface area contributed by atoms with E-state index < -0.39 is 6.10 Å². The average Bonchev–Trinajstić information content (AvgIpc) is 2.89. The smallest absolute Gasteiger partial charge is 0.0761 e. The summed E-state index contributed by atoms with van der Waals surface area (Å²) < 4.78 is 0.147. The molecule has 0 bridgehead atoms. The molecule has 21 heavy (non-hydrogen) atoms. The lowest BCUT2D eigenvalue weighted by molar-refractivity contribution is 0.0837. The maximum Gasteiger partial charge on any atom is 0.0761 e. The lowest BCUT2D eigenvalue weighted by Gasteiger charge is -2.28. The van der Waals surface area contributed by atoms with Gasteiger partial charge in [-0.25, -0.2) is 0 Å². The van der Waals surface area contributed by atoms with Gasteiger partial charge in [-0.3, -0.25) is 0 Å². The molecule has 0 amide bonds. The van der Waals surface area contributed by atoms with Crippen LogP contribution >= 0.6 is 24.2 Å². The van der Waals surface area contributed by atoms with Crippen LogP contribution in [0.15, 0.2) is 29.2 Å². The molecule has 1 aromatic rings. The van der Waals surface area contributed by atoms with Crippen LogP contribution in [0.4, 0.5) is 0 Å². The van der Waals surface area contributed by atoms with E-state index in [9.17, 15) is 5.11 Å². The molecule has 3 N–H and O–H groups in total. The highest BCUT2D eigenvalue weighted by molar-refractivity contribution is 8.00. The summed E-state index contributed by atoms with van der Waals surface area (Å²) in [4.78, 5) is 1.20. The lowest BCUT2D eigenvalue weighted by atomic mass is 9.91. The van der Waals surface area contributed by atoms with E-state index in [1.165, 1.54) is 17.7 Å². The molecular formula is C17H28ClNOS. The van der Waals surface area contributed by atoms with Crippen molar-refractivity contribution < 1.29 is 5.11 Å². The van der Waals surface area contributed by atoms with E-state index in [1.54, 1.807) is 0 Å². The summed E-state index contributed by atoms with van der Waals surface area (Å²) in [6.07, 6.45) is 4.27. The van der Waals surface area contributed by atoms with Crippen LogP contribution in [0.1, 0.15) is 58.1 Å². The molecule has 1 aliphatic carbocycles. The number of nitrogens with two attached hydrogens (primary N) is 1. The van der Waals surface area contributed by atoms with E-state index in [1.807, 2.05) is 23.9 Å². The minimum absolute atomic E-state index is 0. The highest BCUT2D eigenvalue weighted by Crippen LogP contribution is 2.39. The van der Waals surface area contributed by atoms with Crippen molar-refractivity contribution in [3.63, 3.8) is 0 Å². The molecule has 0 radical (unpaired) electrons. The first kappa shape index (κ1) is 18.8. The van der Waals surface area contributed by atoms with Gasteiger partial charge in [0.25, 0.3) is 0 Å². The Labute approximate surface area is 139 Å². The first-order valence-electron chi connectivity index (χ1n) is 7.60. The summed E-state index contributed by atoms with van der Waals surface area (Å²) in [5, 5.41) is 10.6.